The highest BCUT2D eigenvalue weighted by molar-refractivity contribution is 5.88. The molecule has 5 nitrogen and oxygen atoms in total. The van der Waals surface area contributed by atoms with E-state index in [2.05, 4.69) is 4.84 Å². The van der Waals surface area contributed by atoms with Crippen LogP contribution in [0.15, 0.2) is 0 Å². The maximum atomic E-state index is 11.8. The molecule has 0 aromatic rings. The lowest BCUT2D eigenvalue weighted by Crippen LogP contribution is -2.39. The van der Waals surface area contributed by atoms with Gasteiger partial charge in [-0.25, -0.2) is 4.84 Å². The molecule has 0 saturated carbocycles. The van der Waals surface area contributed by atoms with E-state index in [1.807, 2.05) is 20.8 Å². The van der Waals surface area contributed by atoms with Crippen molar-refractivity contribution in [3.05, 3.63) is 0 Å². The molecule has 0 saturated heterocycles. The fraction of sp³-hybridized carbons (Fsp3) is 0.889. The summed E-state index contributed by atoms with van der Waals surface area (Å²) in [5.74, 6) is 0.00634. The molecule has 0 fully saturated rings. The third-order valence-corrected chi connectivity index (χ3v) is 1.84. The molecule has 0 amide bonds. The van der Waals surface area contributed by atoms with Crippen molar-refractivity contribution in [1.82, 2.24) is 5.39 Å². The number of rotatable bonds is 4. The van der Waals surface area contributed by atoms with Crippen molar-refractivity contribution in [3.63, 3.8) is 0 Å². The summed E-state index contributed by atoms with van der Waals surface area (Å²) >= 11 is 0. The number of nitrogens with zero attached hydrogens (tertiary/aromatic N) is 1. The second kappa shape index (κ2) is 4.35. The molecule has 0 aromatic carbocycles. The molecule has 0 radical (unpaired) electrons. The first-order valence-electron chi connectivity index (χ1n) is 4.43. The van der Waals surface area contributed by atoms with Crippen LogP contribution in [0.3, 0.4) is 0 Å². The highest BCUT2D eigenvalue weighted by Crippen LogP contribution is 2.29. The van der Waals surface area contributed by atoms with E-state index in [1.165, 1.54) is 0 Å². The Balaban J connectivity index is 4.39. The van der Waals surface area contributed by atoms with Crippen LogP contribution in [0.4, 0.5) is 0 Å². The van der Waals surface area contributed by atoms with Gasteiger partial charge in [-0.05, 0) is 0 Å². The second-order valence-electron chi connectivity index (χ2n) is 4.99. The summed E-state index contributed by atoms with van der Waals surface area (Å²) in [5, 5.41) is 16.3. The van der Waals surface area contributed by atoms with E-state index >= 15 is 0 Å². The Bertz CT molecular complexity index is 205. The molecule has 0 aliphatic rings. The molecule has 84 valence electrons. The standard InChI is InChI=1S/C9H19NO4/c1-8(2,3)7(11)9(4,5)6-14-10(12)13/h12-13H,6H2,1-5H3. The Morgan fingerprint density at radius 1 is 1.21 bits per heavy atom. The number of carbonyl (C=O) groups excluding carboxylic acids is 1. The second-order valence-corrected chi connectivity index (χ2v) is 4.99. The Kier molecular flexibility index (Phi) is 4.20. The third-order valence-electron chi connectivity index (χ3n) is 1.84. The van der Waals surface area contributed by atoms with Gasteiger partial charge in [-0.2, -0.15) is 0 Å². The molecule has 0 heterocycles. The van der Waals surface area contributed by atoms with Gasteiger partial charge in [-0.15, -0.1) is 0 Å². The topological polar surface area (TPSA) is 70.0 Å². The highest BCUT2D eigenvalue weighted by Gasteiger charge is 2.36. The third kappa shape index (κ3) is 4.15. The van der Waals surface area contributed by atoms with Crippen molar-refractivity contribution in [2.75, 3.05) is 6.61 Å². The number of hydrogen-bond acceptors (Lipinski definition) is 5. The van der Waals surface area contributed by atoms with E-state index in [0.717, 1.165) is 0 Å². The van der Waals surface area contributed by atoms with Gasteiger partial charge in [0.25, 0.3) is 0 Å². The van der Waals surface area contributed by atoms with Crippen LogP contribution >= 0.6 is 0 Å². The van der Waals surface area contributed by atoms with Crippen LogP contribution in [0.1, 0.15) is 34.6 Å². The SMILES string of the molecule is CC(C)(C)C(=O)C(C)(C)CON(O)O. The summed E-state index contributed by atoms with van der Waals surface area (Å²) in [4.78, 5) is 16.3. The first kappa shape index (κ1) is 13.5. The van der Waals surface area contributed by atoms with E-state index in [1.54, 1.807) is 13.8 Å². The van der Waals surface area contributed by atoms with Gasteiger partial charge in [0, 0.05) is 10.8 Å². The van der Waals surface area contributed by atoms with Crippen LogP contribution in [0.5, 0.6) is 0 Å². The zero-order valence-corrected chi connectivity index (χ0v) is 9.37. The van der Waals surface area contributed by atoms with Crippen LogP contribution in [0.25, 0.3) is 0 Å². The van der Waals surface area contributed by atoms with Gasteiger partial charge in [0.2, 0.25) is 0 Å². The number of hydrogen-bond donors (Lipinski definition) is 2. The lowest BCUT2D eigenvalue weighted by atomic mass is 9.75. The fourth-order valence-corrected chi connectivity index (χ4v) is 1.30. The van der Waals surface area contributed by atoms with E-state index in [4.69, 9.17) is 10.4 Å². The zero-order valence-electron chi connectivity index (χ0n) is 9.37. The monoisotopic (exact) mass is 205 g/mol. The average Bonchev–Trinajstić information content (AvgIpc) is 1.98. The van der Waals surface area contributed by atoms with E-state index in [9.17, 15) is 4.79 Å². The van der Waals surface area contributed by atoms with Gasteiger partial charge in [0.1, 0.15) is 5.78 Å². The van der Waals surface area contributed by atoms with Crippen molar-refractivity contribution in [1.29, 1.82) is 0 Å². The number of Topliss-reactive ketones (excluding diaryl/α,β-unsaturated/α-hetero) is 1. The molecule has 0 aromatic heterocycles. The molecule has 0 rings (SSSR count). The van der Waals surface area contributed by atoms with Crippen LogP contribution < -0.4 is 0 Å². The van der Waals surface area contributed by atoms with Gasteiger partial charge in [-0.3, -0.25) is 15.2 Å². The van der Waals surface area contributed by atoms with Crippen LogP contribution in [0.2, 0.25) is 0 Å². The smallest absolute Gasteiger partial charge is 0.146 e. The summed E-state index contributed by atoms with van der Waals surface area (Å²) in [5.41, 5.74) is -1.22. The van der Waals surface area contributed by atoms with Crippen molar-refractivity contribution >= 4 is 5.78 Å². The van der Waals surface area contributed by atoms with Crippen LogP contribution in [0, 0.1) is 10.8 Å². The Morgan fingerprint density at radius 3 is 1.93 bits per heavy atom. The predicted molar refractivity (Wildman–Crippen MR) is 49.6 cm³/mol. The van der Waals surface area contributed by atoms with Crippen LogP contribution in [-0.2, 0) is 9.63 Å². The molecule has 5 heteroatoms. The van der Waals surface area contributed by atoms with E-state index in [-0.39, 0.29) is 17.8 Å². The van der Waals surface area contributed by atoms with Gasteiger partial charge in [-0.1, -0.05) is 34.6 Å². The van der Waals surface area contributed by atoms with Crippen molar-refractivity contribution in [3.8, 4) is 0 Å². The molecule has 0 aliphatic heterocycles. The van der Waals surface area contributed by atoms with Gasteiger partial charge in [0.05, 0.1) is 12.0 Å². The average molecular weight is 205 g/mol. The predicted octanol–water partition coefficient (Wildman–Crippen LogP) is 1.64. The van der Waals surface area contributed by atoms with Crippen molar-refractivity contribution < 1.29 is 20.0 Å². The fourth-order valence-electron chi connectivity index (χ4n) is 1.30. The maximum Gasteiger partial charge on any atom is 0.146 e. The minimum absolute atomic E-state index is 0.00634. The van der Waals surface area contributed by atoms with E-state index in [0.29, 0.717) is 0 Å². The first-order valence-corrected chi connectivity index (χ1v) is 4.43. The Hall–Kier alpha value is -0.490. The number of carbonyl (C=O) groups is 1. The minimum Gasteiger partial charge on any atom is -0.298 e. The largest absolute Gasteiger partial charge is 0.298 e. The summed E-state index contributed by atoms with van der Waals surface area (Å²) < 4.78 is 0. The molecule has 14 heavy (non-hydrogen) atoms. The summed E-state index contributed by atoms with van der Waals surface area (Å²) in [6.07, 6.45) is 0. The molecule has 0 spiro atoms. The van der Waals surface area contributed by atoms with Crippen LogP contribution in [-0.4, -0.2) is 28.2 Å². The normalized spacial score (nSPS) is 13.4. The zero-order chi connectivity index (χ0) is 11.6. The summed E-state index contributed by atoms with van der Waals surface area (Å²) in [7, 11) is 0. The number of ketones is 1. The van der Waals surface area contributed by atoms with Crippen molar-refractivity contribution in [2.24, 2.45) is 10.8 Å². The Labute approximate surface area is 84.1 Å². The van der Waals surface area contributed by atoms with Gasteiger partial charge >= 0.3 is 0 Å². The molecule has 0 bridgehead atoms. The molecular weight excluding hydrogens is 186 g/mol. The van der Waals surface area contributed by atoms with Gasteiger partial charge < -0.3 is 0 Å². The molecule has 0 aliphatic carbocycles. The van der Waals surface area contributed by atoms with Crippen molar-refractivity contribution in [2.45, 2.75) is 34.6 Å². The molecular formula is C9H19NO4. The lowest BCUT2D eigenvalue weighted by molar-refractivity contribution is -0.495. The Morgan fingerprint density at radius 2 is 1.64 bits per heavy atom. The lowest BCUT2D eigenvalue weighted by Gasteiger charge is -2.30. The first-order chi connectivity index (χ1) is 6.07. The minimum atomic E-state index is -0.748. The molecule has 0 atom stereocenters. The maximum absolute atomic E-state index is 11.8. The molecule has 0 unspecified atom stereocenters. The summed E-state index contributed by atoms with van der Waals surface area (Å²) in [6.45, 7) is 8.76. The quantitative estimate of drug-likeness (QED) is 0.683. The molecule has 2 N–H and O–H groups in total. The highest BCUT2D eigenvalue weighted by atomic mass is 17.1. The van der Waals surface area contributed by atoms with Gasteiger partial charge in [0.15, 0.2) is 0 Å². The van der Waals surface area contributed by atoms with E-state index < -0.39 is 10.8 Å². The summed E-state index contributed by atoms with van der Waals surface area (Å²) in [6, 6.07) is 0.